The Bertz CT molecular complexity index is 1030. The van der Waals surface area contributed by atoms with Crippen LogP contribution < -0.4 is 34.9 Å². The quantitative estimate of drug-likeness (QED) is 0.432. The van der Waals surface area contributed by atoms with Gasteiger partial charge in [-0.25, -0.2) is 12.4 Å². The van der Waals surface area contributed by atoms with Crippen molar-refractivity contribution in [2.45, 2.75) is 38.5 Å². The van der Waals surface area contributed by atoms with E-state index in [9.17, 15) is 23.3 Å². The number of fused-ring (bicyclic) bond motifs is 2. The molecule has 2 aliphatic carbocycles. The molecule has 28 heavy (non-hydrogen) atoms. The number of carbonyl (C=O) groups is 1. The number of nitrogens with one attached hydrogen (secondary N) is 1. The van der Waals surface area contributed by atoms with Crippen molar-refractivity contribution in [1.82, 2.24) is 3.97 Å². The SMILES string of the molecule is O=C([N-]S(=O)(=O)n1ccc([N+](=O)[O-])c1)Nc1c2c(cc3c1CCC3)CCC2.[Na+]. The number of carbonyl (C=O) groups excluding carboxylic acids is 1. The van der Waals surface area contributed by atoms with E-state index in [1.807, 2.05) is 0 Å². The summed E-state index contributed by atoms with van der Waals surface area (Å²) in [7, 11) is -4.40. The topological polar surface area (TPSA) is 125 Å². The van der Waals surface area contributed by atoms with Crippen LogP contribution in [0.4, 0.5) is 16.2 Å². The van der Waals surface area contributed by atoms with Crippen LogP contribution in [0.25, 0.3) is 4.72 Å². The molecule has 1 N–H and O–H groups in total. The van der Waals surface area contributed by atoms with E-state index in [2.05, 4.69) is 16.1 Å². The molecule has 0 fully saturated rings. The van der Waals surface area contributed by atoms with Gasteiger partial charge in [-0.2, -0.15) is 0 Å². The van der Waals surface area contributed by atoms with Crippen LogP contribution in [-0.2, 0) is 35.9 Å². The third kappa shape index (κ3) is 3.82. The Hall–Kier alpha value is -1.88. The molecular weight excluding hydrogens is 395 g/mol. The number of hydrogen-bond acceptors (Lipinski definition) is 5. The molecule has 2 aliphatic rings. The van der Waals surface area contributed by atoms with E-state index in [1.165, 1.54) is 11.1 Å². The smallest absolute Gasteiger partial charge is 0.423 e. The van der Waals surface area contributed by atoms with Crippen LogP contribution in [0.5, 0.6) is 0 Å². The maximum absolute atomic E-state index is 12.3. The molecule has 142 valence electrons. The van der Waals surface area contributed by atoms with E-state index in [0.29, 0.717) is 9.66 Å². The van der Waals surface area contributed by atoms with Crippen molar-refractivity contribution >= 4 is 27.6 Å². The first-order valence-corrected chi connectivity index (χ1v) is 10.0. The van der Waals surface area contributed by atoms with Gasteiger partial charge in [0.05, 0.1) is 11.1 Å². The molecule has 0 unspecified atom stereocenters. The average Bonchev–Trinajstić information content (AvgIpc) is 3.34. The fraction of sp³-hybridized carbons (Fsp3) is 0.353. The van der Waals surface area contributed by atoms with Gasteiger partial charge in [-0.3, -0.25) is 14.9 Å². The molecule has 0 saturated heterocycles. The predicted octanol–water partition coefficient (Wildman–Crippen LogP) is 0.0764. The number of benzene rings is 1. The summed E-state index contributed by atoms with van der Waals surface area (Å²) in [4.78, 5) is 22.3. The fourth-order valence-electron chi connectivity index (χ4n) is 3.87. The second kappa shape index (κ2) is 7.86. The predicted molar refractivity (Wildman–Crippen MR) is 98.3 cm³/mol. The molecule has 0 spiro atoms. The summed E-state index contributed by atoms with van der Waals surface area (Å²) in [6.07, 6.45) is 7.39. The summed E-state index contributed by atoms with van der Waals surface area (Å²) in [5.74, 6) is 0. The standard InChI is InChI=1S/C17H18N4O5S.Na/c22-17(19-27(25,26)20-8-7-13(10-20)21(23)24)18-16-14-5-1-3-11(14)9-12-4-2-6-15(12)16;/h7-10H,1-6H2,(H2,18,19,22);/q;+1/p-1. The molecule has 2 aromatic rings. The molecule has 0 aliphatic heterocycles. The van der Waals surface area contributed by atoms with Gasteiger partial charge in [0.2, 0.25) is 0 Å². The molecule has 9 nitrogen and oxygen atoms in total. The molecule has 1 heterocycles. The molecule has 4 rings (SSSR count). The third-order valence-corrected chi connectivity index (χ3v) is 6.19. The van der Waals surface area contributed by atoms with E-state index < -0.39 is 26.9 Å². The number of hydrogen-bond donors (Lipinski definition) is 1. The van der Waals surface area contributed by atoms with Crippen molar-refractivity contribution in [2.75, 3.05) is 5.32 Å². The van der Waals surface area contributed by atoms with Gasteiger partial charge in [-0.1, -0.05) is 6.07 Å². The zero-order valence-corrected chi connectivity index (χ0v) is 18.2. The Kier molecular flexibility index (Phi) is 5.85. The average molecular weight is 412 g/mol. The van der Waals surface area contributed by atoms with Crippen LogP contribution in [-0.4, -0.2) is 23.3 Å². The number of nitro groups is 1. The largest absolute Gasteiger partial charge is 1.00 e. The fourth-order valence-corrected chi connectivity index (χ4v) is 4.67. The number of aryl methyl sites for hydroxylation is 2. The van der Waals surface area contributed by atoms with Crippen molar-refractivity contribution in [2.24, 2.45) is 0 Å². The molecule has 0 radical (unpaired) electrons. The van der Waals surface area contributed by atoms with E-state index in [4.69, 9.17) is 0 Å². The van der Waals surface area contributed by atoms with Crippen LogP contribution in [0.1, 0.15) is 35.1 Å². The van der Waals surface area contributed by atoms with Gasteiger partial charge in [0.1, 0.15) is 0 Å². The molecule has 1 aromatic heterocycles. The first-order chi connectivity index (χ1) is 12.8. The second-order valence-electron chi connectivity index (χ2n) is 6.69. The zero-order chi connectivity index (χ0) is 19.2. The number of nitrogens with zero attached hydrogens (tertiary/aromatic N) is 3. The number of amides is 2. The van der Waals surface area contributed by atoms with Gasteiger partial charge in [0.25, 0.3) is 15.9 Å². The van der Waals surface area contributed by atoms with Crippen molar-refractivity contribution in [3.05, 3.63) is 61.6 Å². The number of urea groups is 1. The van der Waals surface area contributed by atoms with Gasteiger partial charge in [-0.05, 0) is 66.5 Å². The van der Waals surface area contributed by atoms with Gasteiger partial charge < -0.3 is 10.0 Å². The number of rotatable bonds is 4. The summed E-state index contributed by atoms with van der Waals surface area (Å²) >= 11 is 0. The van der Waals surface area contributed by atoms with Gasteiger partial charge in [0.15, 0.2) is 6.03 Å². The monoisotopic (exact) mass is 412 g/mol. The number of aromatic nitrogens is 1. The van der Waals surface area contributed by atoms with E-state index in [0.717, 1.165) is 68.1 Å². The normalized spacial score (nSPS) is 14.7. The molecule has 11 heteroatoms. The maximum Gasteiger partial charge on any atom is 1.00 e. The van der Waals surface area contributed by atoms with Crippen LogP contribution >= 0.6 is 0 Å². The Morgan fingerprint density at radius 1 is 1.14 bits per heavy atom. The van der Waals surface area contributed by atoms with Crippen molar-refractivity contribution < 1.29 is 47.7 Å². The van der Waals surface area contributed by atoms with Crippen LogP contribution in [0.2, 0.25) is 0 Å². The summed E-state index contributed by atoms with van der Waals surface area (Å²) < 4.78 is 28.3. The Morgan fingerprint density at radius 2 is 1.75 bits per heavy atom. The van der Waals surface area contributed by atoms with Crippen LogP contribution in [0.3, 0.4) is 0 Å². The summed E-state index contributed by atoms with van der Waals surface area (Å²) in [5.41, 5.74) is 4.83. The van der Waals surface area contributed by atoms with Gasteiger partial charge >= 0.3 is 29.6 Å². The Morgan fingerprint density at radius 3 is 2.29 bits per heavy atom. The maximum atomic E-state index is 12.3. The minimum Gasteiger partial charge on any atom is -0.423 e. The summed E-state index contributed by atoms with van der Waals surface area (Å²) in [6, 6.07) is 2.23. The second-order valence-corrected chi connectivity index (χ2v) is 8.19. The van der Waals surface area contributed by atoms with E-state index >= 15 is 0 Å². The zero-order valence-electron chi connectivity index (χ0n) is 15.3. The molecule has 1 aromatic carbocycles. The Balaban J connectivity index is 0.00000225. The molecular formula is C17H17N4NaO5S. The van der Waals surface area contributed by atoms with Crippen LogP contribution in [0.15, 0.2) is 24.5 Å². The Labute approximate surface area is 184 Å². The van der Waals surface area contributed by atoms with Gasteiger partial charge in [-0.15, -0.1) is 0 Å². The molecule has 0 atom stereocenters. The molecule has 0 saturated carbocycles. The minimum absolute atomic E-state index is 0. The third-order valence-electron chi connectivity index (χ3n) is 5.03. The molecule has 2 amide bonds. The van der Waals surface area contributed by atoms with Gasteiger partial charge in [0, 0.05) is 12.3 Å². The first-order valence-electron chi connectivity index (χ1n) is 8.63. The van der Waals surface area contributed by atoms with Crippen molar-refractivity contribution in [3.8, 4) is 0 Å². The number of anilines is 1. The van der Waals surface area contributed by atoms with Crippen molar-refractivity contribution in [3.63, 3.8) is 0 Å². The first kappa shape index (κ1) is 20.8. The molecule has 0 bridgehead atoms. The van der Waals surface area contributed by atoms with E-state index in [1.54, 1.807) is 0 Å². The van der Waals surface area contributed by atoms with E-state index in [-0.39, 0.29) is 29.6 Å². The van der Waals surface area contributed by atoms with Crippen molar-refractivity contribution in [1.29, 1.82) is 0 Å². The van der Waals surface area contributed by atoms with Crippen LogP contribution in [0, 0.1) is 10.1 Å². The summed E-state index contributed by atoms with van der Waals surface area (Å²) in [5, 5.41) is 13.4. The minimum atomic E-state index is -4.40. The summed E-state index contributed by atoms with van der Waals surface area (Å²) in [6.45, 7) is 0.